The Kier molecular flexibility index (Phi) is 13.2. The third-order valence-electron chi connectivity index (χ3n) is 5.76. The summed E-state index contributed by atoms with van der Waals surface area (Å²) >= 11 is 0. The first-order valence-electron chi connectivity index (χ1n) is 14.6. The molecule has 14 heteroatoms. The van der Waals surface area contributed by atoms with Gasteiger partial charge in [0.05, 0.1) is 25.3 Å². The molecule has 0 saturated heterocycles. The van der Waals surface area contributed by atoms with Crippen molar-refractivity contribution in [2.45, 2.75) is 84.5 Å². The van der Waals surface area contributed by atoms with Gasteiger partial charge in [-0.25, -0.2) is 14.6 Å². The zero-order valence-corrected chi connectivity index (χ0v) is 27.0. The number of phenols is 1. The number of ether oxygens (including phenoxy) is 4. The van der Waals surface area contributed by atoms with Crippen LogP contribution in [0.3, 0.4) is 0 Å². The first-order chi connectivity index (χ1) is 21.3. The summed E-state index contributed by atoms with van der Waals surface area (Å²) in [5.74, 6) is -3.26. The van der Waals surface area contributed by atoms with Gasteiger partial charge in [-0.2, -0.15) is 0 Å². The van der Waals surface area contributed by atoms with Crippen LogP contribution in [0.4, 0.5) is 5.69 Å². The molecule has 0 saturated carbocycles. The number of guanidine groups is 1. The van der Waals surface area contributed by atoms with E-state index in [-0.39, 0.29) is 54.8 Å². The van der Waals surface area contributed by atoms with Gasteiger partial charge in [0.1, 0.15) is 28.6 Å². The number of benzene rings is 2. The van der Waals surface area contributed by atoms with Crippen molar-refractivity contribution < 1.29 is 48.3 Å². The van der Waals surface area contributed by atoms with Crippen LogP contribution in [0.5, 0.6) is 17.2 Å². The predicted octanol–water partition coefficient (Wildman–Crippen LogP) is 3.33. The second-order valence-corrected chi connectivity index (χ2v) is 12.3. The SMILES string of the molecule is CC(C)(C)OC(=O)CC(NC(=O)CCc1cccc(O)c1OCCCOc1cc(N=C(N)N)ccc1C(=O)O)C(=O)OC(C)(C)C. The van der Waals surface area contributed by atoms with Crippen LogP contribution < -0.4 is 26.3 Å². The van der Waals surface area contributed by atoms with Gasteiger partial charge in [0.2, 0.25) is 5.91 Å². The van der Waals surface area contributed by atoms with Crippen LogP contribution in [-0.2, 0) is 30.3 Å². The van der Waals surface area contributed by atoms with Crippen molar-refractivity contribution in [1.82, 2.24) is 5.32 Å². The molecule has 1 atom stereocenters. The second kappa shape index (κ2) is 16.3. The Bertz CT molecular complexity index is 1420. The van der Waals surface area contributed by atoms with E-state index in [2.05, 4.69) is 10.3 Å². The number of hydrogen-bond acceptors (Lipinski definition) is 10. The lowest BCUT2D eigenvalue weighted by Gasteiger charge is -2.25. The standard InChI is InChI=1S/C32H44N4O10/c1-31(2,3)45-26(39)18-22(29(42)46-32(4,5)6)36-25(38)14-11-19-9-7-10-23(37)27(19)44-16-8-15-43-24-17-20(35-30(33)34)12-13-21(24)28(40)41/h7,9-10,12-13,17,22,37H,8,11,14-16,18H2,1-6H3,(H,36,38)(H,40,41)(H4,33,34,35). The average Bonchev–Trinajstić information content (AvgIpc) is 2.90. The van der Waals surface area contributed by atoms with E-state index < -0.39 is 47.5 Å². The molecule has 0 aliphatic rings. The zero-order chi connectivity index (χ0) is 34.7. The summed E-state index contributed by atoms with van der Waals surface area (Å²) in [7, 11) is 0. The number of aromatic carboxylic acids is 1. The van der Waals surface area contributed by atoms with E-state index in [1.807, 2.05) is 0 Å². The molecule has 2 rings (SSSR count). The number of nitrogens with zero attached hydrogens (tertiary/aromatic N) is 1. The number of carboxylic acids is 1. The van der Waals surface area contributed by atoms with Crippen molar-refractivity contribution >= 4 is 35.5 Å². The van der Waals surface area contributed by atoms with Crippen molar-refractivity contribution in [3.05, 3.63) is 47.5 Å². The number of amides is 1. The number of esters is 2. The van der Waals surface area contributed by atoms with Crippen LogP contribution in [-0.4, -0.2) is 70.4 Å². The van der Waals surface area contributed by atoms with Gasteiger partial charge in [0.15, 0.2) is 17.5 Å². The summed E-state index contributed by atoms with van der Waals surface area (Å²) in [6, 6.07) is 7.62. The van der Waals surface area contributed by atoms with E-state index in [0.29, 0.717) is 17.7 Å². The maximum atomic E-state index is 12.9. The largest absolute Gasteiger partial charge is 0.504 e. The number of phenolic OH excluding ortho intramolecular Hbond substituents is 1. The van der Waals surface area contributed by atoms with Crippen LogP contribution in [0.1, 0.15) is 76.7 Å². The molecule has 0 aromatic heterocycles. The van der Waals surface area contributed by atoms with Gasteiger partial charge in [-0.3, -0.25) is 9.59 Å². The zero-order valence-electron chi connectivity index (χ0n) is 27.0. The van der Waals surface area contributed by atoms with Gasteiger partial charge in [-0.05, 0) is 71.7 Å². The number of carbonyl (C=O) groups excluding carboxylic acids is 3. The normalized spacial score (nSPS) is 12.0. The molecule has 0 fully saturated rings. The molecule has 252 valence electrons. The van der Waals surface area contributed by atoms with Crippen LogP contribution in [0.25, 0.3) is 0 Å². The fourth-order valence-electron chi connectivity index (χ4n) is 4.01. The number of aryl methyl sites for hydroxylation is 1. The van der Waals surface area contributed by atoms with Crippen LogP contribution in [0.2, 0.25) is 0 Å². The highest BCUT2D eigenvalue weighted by Crippen LogP contribution is 2.31. The van der Waals surface area contributed by atoms with Gasteiger partial charge in [0, 0.05) is 18.9 Å². The molecule has 2 aromatic rings. The minimum atomic E-state index is -1.26. The molecule has 7 N–H and O–H groups in total. The molecule has 1 amide bonds. The third-order valence-corrected chi connectivity index (χ3v) is 5.76. The molecule has 2 aromatic carbocycles. The lowest BCUT2D eigenvalue weighted by Crippen LogP contribution is -2.46. The van der Waals surface area contributed by atoms with Gasteiger partial charge in [-0.15, -0.1) is 0 Å². The number of nitrogens with one attached hydrogen (secondary N) is 1. The Morgan fingerprint density at radius 1 is 0.935 bits per heavy atom. The quantitative estimate of drug-likeness (QED) is 0.0815. The van der Waals surface area contributed by atoms with E-state index in [9.17, 15) is 29.4 Å². The molecule has 14 nitrogen and oxygen atoms in total. The van der Waals surface area contributed by atoms with Gasteiger partial charge in [-0.1, -0.05) is 12.1 Å². The molecular weight excluding hydrogens is 600 g/mol. The number of nitrogens with two attached hydrogens (primary N) is 2. The highest BCUT2D eigenvalue weighted by molar-refractivity contribution is 5.92. The van der Waals surface area contributed by atoms with Crippen molar-refractivity contribution in [3.8, 4) is 17.2 Å². The summed E-state index contributed by atoms with van der Waals surface area (Å²) in [5, 5.41) is 22.5. The monoisotopic (exact) mass is 644 g/mol. The van der Waals surface area contributed by atoms with Crippen molar-refractivity contribution in [3.63, 3.8) is 0 Å². The molecule has 0 bridgehead atoms. The summed E-state index contributed by atoms with van der Waals surface area (Å²) in [6.45, 7) is 10.3. The van der Waals surface area contributed by atoms with E-state index in [1.165, 1.54) is 24.3 Å². The third kappa shape index (κ3) is 13.3. The Morgan fingerprint density at radius 2 is 1.59 bits per heavy atom. The second-order valence-electron chi connectivity index (χ2n) is 12.3. The molecule has 0 aliphatic heterocycles. The van der Waals surface area contributed by atoms with Gasteiger partial charge in [0.25, 0.3) is 0 Å². The lowest BCUT2D eigenvalue weighted by molar-refractivity contribution is -0.165. The summed E-state index contributed by atoms with van der Waals surface area (Å²) in [6.07, 6.45) is -0.0607. The molecule has 0 heterocycles. The van der Waals surface area contributed by atoms with Gasteiger partial charge >= 0.3 is 17.9 Å². The molecule has 0 spiro atoms. The smallest absolute Gasteiger partial charge is 0.339 e. The molecule has 46 heavy (non-hydrogen) atoms. The van der Waals surface area contributed by atoms with E-state index >= 15 is 0 Å². The van der Waals surface area contributed by atoms with Crippen LogP contribution in [0.15, 0.2) is 41.4 Å². The molecule has 0 aliphatic carbocycles. The summed E-state index contributed by atoms with van der Waals surface area (Å²) in [4.78, 5) is 53.6. The number of hydrogen-bond donors (Lipinski definition) is 5. The van der Waals surface area contributed by atoms with Crippen LogP contribution >= 0.6 is 0 Å². The number of carboxylic acid groups (broad SMARTS) is 1. The van der Waals surface area contributed by atoms with Crippen molar-refractivity contribution in [2.75, 3.05) is 13.2 Å². The highest BCUT2D eigenvalue weighted by Gasteiger charge is 2.31. The minimum absolute atomic E-state index is 0.0700. The van der Waals surface area contributed by atoms with E-state index in [4.69, 9.17) is 30.4 Å². The lowest BCUT2D eigenvalue weighted by atomic mass is 10.1. The average molecular weight is 645 g/mol. The van der Waals surface area contributed by atoms with Crippen molar-refractivity contribution in [2.24, 2.45) is 16.5 Å². The highest BCUT2D eigenvalue weighted by atomic mass is 16.6. The Morgan fingerprint density at radius 3 is 2.20 bits per heavy atom. The summed E-state index contributed by atoms with van der Waals surface area (Å²) < 4.78 is 22.1. The van der Waals surface area contributed by atoms with Gasteiger partial charge < -0.3 is 45.9 Å². The fourth-order valence-corrected chi connectivity index (χ4v) is 4.01. The Labute approximate surface area is 268 Å². The van der Waals surface area contributed by atoms with E-state index in [1.54, 1.807) is 53.7 Å². The Hall–Kier alpha value is -5.01. The maximum Gasteiger partial charge on any atom is 0.339 e. The predicted molar refractivity (Wildman–Crippen MR) is 169 cm³/mol. The topological polar surface area (TPSA) is 222 Å². The molecule has 0 radical (unpaired) electrons. The first-order valence-corrected chi connectivity index (χ1v) is 14.6. The molecular formula is C32H44N4O10. The van der Waals surface area contributed by atoms with Crippen LogP contribution in [0, 0.1) is 0 Å². The summed E-state index contributed by atoms with van der Waals surface area (Å²) in [5.41, 5.74) is 9.94. The number of para-hydroxylation sites is 1. The molecule has 1 unspecified atom stereocenters. The van der Waals surface area contributed by atoms with E-state index in [0.717, 1.165) is 0 Å². The minimum Gasteiger partial charge on any atom is -0.504 e. The Balaban J connectivity index is 2.02. The fraction of sp³-hybridized carbons (Fsp3) is 0.469. The van der Waals surface area contributed by atoms with Crippen molar-refractivity contribution in [1.29, 1.82) is 0 Å². The maximum absolute atomic E-state index is 12.9. The first kappa shape index (κ1) is 37.2. The number of aromatic hydroxyl groups is 1. The number of rotatable bonds is 15. The number of carbonyl (C=O) groups is 4. The number of aliphatic imine (C=N–C) groups is 1.